The first-order chi connectivity index (χ1) is 12.2. The lowest BCUT2D eigenvalue weighted by atomic mass is 10.1. The van der Waals surface area contributed by atoms with Crippen molar-refractivity contribution >= 4 is 16.9 Å². The van der Waals surface area contributed by atoms with Crippen molar-refractivity contribution in [1.29, 1.82) is 0 Å². The Balaban J connectivity index is 1.72. The first-order valence-corrected chi connectivity index (χ1v) is 10.0. The summed E-state index contributed by atoms with van der Waals surface area (Å²) in [5.41, 5.74) is 2.90. The molecule has 3 heteroatoms. The lowest BCUT2D eigenvalue weighted by Gasteiger charge is -2.01. The van der Waals surface area contributed by atoms with E-state index in [2.05, 4.69) is 18.0 Å². The van der Waals surface area contributed by atoms with E-state index in [1.807, 2.05) is 25.1 Å². The molecule has 0 spiro atoms. The van der Waals surface area contributed by atoms with Crippen molar-refractivity contribution in [3.63, 3.8) is 0 Å². The number of aromatic amines is 1. The zero-order valence-corrected chi connectivity index (χ0v) is 15.9. The van der Waals surface area contributed by atoms with Gasteiger partial charge in [0.05, 0.1) is 12.2 Å². The van der Waals surface area contributed by atoms with Crippen LogP contribution in [0, 0.1) is 0 Å². The maximum Gasteiger partial charge on any atom is 0.338 e. The van der Waals surface area contributed by atoms with Crippen LogP contribution >= 0.6 is 0 Å². The summed E-state index contributed by atoms with van der Waals surface area (Å²) in [6, 6.07) is 7.94. The molecule has 0 aliphatic carbocycles. The fraction of sp³-hybridized carbons (Fsp3) is 0.591. The van der Waals surface area contributed by atoms with Gasteiger partial charge in [-0.3, -0.25) is 0 Å². The molecule has 0 unspecified atom stereocenters. The summed E-state index contributed by atoms with van der Waals surface area (Å²) in [6.07, 6.45) is 13.2. The highest BCUT2D eigenvalue weighted by Crippen LogP contribution is 2.19. The summed E-state index contributed by atoms with van der Waals surface area (Å²) in [4.78, 5) is 15.3. The van der Waals surface area contributed by atoms with Crippen molar-refractivity contribution in [3.8, 4) is 0 Å². The number of H-pyrrole nitrogens is 1. The van der Waals surface area contributed by atoms with Gasteiger partial charge >= 0.3 is 5.97 Å². The average Bonchev–Trinajstić information content (AvgIpc) is 3.02. The molecule has 0 atom stereocenters. The molecule has 0 saturated heterocycles. The van der Waals surface area contributed by atoms with E-state index < -0.39 is 0 Å². The van der Waals surface area contributed by atoms with Crippen LogP contribution in [0.4, 0.5) is 0 Å². The van der Waals surface area contributed by atoms with Crippen molar-refractivity contribution in [2.24, 2.45) is 0 Å². The molecule has 2 aromatic rings. The number of nitrogens with one attached hydrogen (secondary N) is 1. The van der Waals surface area contributed by atoms with Gasteiger partial charge in [-0.05, 0) is 43.4 Å². The van der Waals surface area contributed by atoms with Crippen LogP contribution in [-0.2, 0) is 11.2 Å². The van der Waals surface area contributed by atoms with E-state index in [0.29, 0.717) is 12.2 Å². The van der Waals surface area contributed by atoms with Crippen molar-refractivity contribution in [2.45, 2.75) is 78.1 Å². The molecule has 1 N–H and O–H groups in total. The zero-order valence-electron chi connectivity index (χ0n) is 15.9. The SMILES string of the molecule is CCCCCCCCCCCc1cc2ccc(C(=O)OCC)cc2[nH]1. The third-order valence-electron chi connectivity index (χ3n) is 4.74. The van der Waals surface area contributed by atoms with Crippen LogP contribution in [0.25, 0.3) is 10.9 Å². The Hall–Kier alpha value is -1.77. The van der Waals surface area contributed by atoms with Gasteiger partial charge in [0.2, 0.25) is 0 Å². The number of aromatic nitrogens is 1. The first-order valence-electron chi connectivity index (χ1n) is 10.0. The lowest BCUT2D eigenvalue weighted by molar-refractivity contribution is 0.0526. The number of fused-ring (bicyclic) bond motifs is 1. The number of carbonyl (C=O) groups is 1. The van der Waals surface area contributed by atoms with Gasteiger partial charge in [0.25, 0.3) is 0 Å². The van der Waals surface area contributed by atoms with Gasteiger partial charge < -0.3 is 9.72 Å². The first kappa shape index (κ1) is 19.6. The molecule has 0 aliphatic rings. The number of hydrogen-bond acceptors (Lipinski definition) is 2. The van der Waals surface area contributed by atoms with Gasteiger partial charge in [-0.25, -0.2) is 4.79 Å². The molecule has 25 heavy (non-hydrogen) atoms. The van der Waals surface area contributed by atoms with Gasteiger partial charge in [-0.2, -0.15) is 0 Å². The maximum atomic E-state index is 11.8. The summed E-state index contributed by atoms with van der Waals surface area (Å²) in [6.45, 7) is 4.50. The molecular weight excluding hydrogens is 310 g/mol. The Morgan fingerprint density at radius 2 is 1.60 bits per heavy atom. The normalized spacial score (nSPS) is 11.1. The average molecular weight is 344 g/mol. The van der Waals surface area contributed by atoms with E-state index in [1.54, 1.807) is 0 Å². The lowest BCUT2D eigenvalue weighted by Crippen LogP contribution is -2.03. The Kier molecular flexibility index (Phi) is 8.58. The van der Waals surface area contributed by atoms with E-state index in [0.717, 1.165) is 11.9 Å². The summed E-state index contributed by atoms with van der Waals surface area (Å²) in [7, 11) is 0. The maximum absolute atomic E-state index is 11.8. The van der Waals surface area contributed by atoms with E-state index in [-0.39, 0.29) is 5.97 Å². The summed E-state index contributed by atoms with van der Waals surface area (Å²) >= 11 is 0. The molecule has 0 amide bonds. The minimum atomic E-state index is -0.250. The smallest absolute Gasteiger partial charge is 0.338 e. The molecule has 0 fully saturated rings. The van der Waals surface area contributed by atoms with Gasteiger partial charge in [-0.15, -0.1) is 0 Å². The van der Waals surface area contributed by atoms with Crippen LogP contribution in [0.5, 0.6) is 0 Å². The minimum Gasteiger partial charge on any atom is -0.462 e. The van der Waals surface area contributed by atoms with Crippen LogP contribution in [0.3, 0.4) is 0 Å². The Labute approximate surface area is 152 Å². The van der Waals surface area contributed by atoms with E-state index in [1.165, 1.54) is 68.9 Å². The predicted octanol–water partition coefficient (Wildman–Crippen LogP) is 6.42. The number of aryl methyl sites for hydroxylation is 1. The van der Waals surface area contributed by atoms with Gasteiger partial charge in [0.1, 0.15) is 0 Å². The van der Waals surface area contributed by atoms with Crippen molar-refractivity contribution < 1.29 is 9.53 Å². The minimum absolute atomic E-state index is 0.250. The molecule has 138 valence electrons. The van der Waals surface area contributed by atoms with Crippen LogP contribution in [-0.4, -0.2) is 17.6 Å². The third kappa shape index (κ3) is 6.56. The topological polar surface area (TPSA) is 42.1 Å². The fourth-order valence-electron chi connectivity index (χ4n) is 3.29. The summed E-state index contributed by atoms with van der Waals surface area (Å²) in [5, 5.41) is 1.17. The van der Waals surface area contributed by atoms with E-state index >= 15 is 0 Å². The Bertz CT molecular complexity index is 645. The summed E-state index contributed by atoms with van der Waals surface area (Å²) in [5.74, 6) is -0.250. The number of ether oxygens (including phenoxy) is 1. The molecular formula is C22H33NO2. The quantitative estimate of drug-likeness (QED) is 0.357. The molecule has 3 nitrogen and oxygen atoms in total. The van der Waals surface area contributed by atoms with Crippen LogP contribution in [0.1, 0.15) is 87.7 Å². The third-order valence-corrected chi connectivity index (χ3v) is 4.74. The monoisotopic (exact) mass is 343 g/mol. The molecule has 1 aromatic heterocycles. The van der Waals surface area contributed by atoms with Crippen LogP contribution < -0.4 is 0 Å². The molecule has 0 bridgehead atoms. The largest absolute Gasteiger partial charge is 0.462 e. The molecule has 2 rings (SSSR count). The highest BCUT2D eigenvalue weighted by atomic mass is 16.5. The molecule has 0 radical (unpaired) electrons. The van der Waals surface area contributed by atoms with Crippen molar-refractivity contribution in [1.82, 2.24) is 4.98 Å². The second-order valence-electron chi connectivity index (χ2n) is 6.90. The highest BCUT2D eigenvalue weighted by Gasteiger charge is 2.08. The number of benzene rings is 1. The van der Waals surface area contributed by atoms with Crippen molar-refractivity contribution in [3.05, 3.63) is 35.5 Å². The number of rotatable bonds is 12. The molecule has 1 aromatic carbocycles. The molecule has 1 heterocycles. The Morgan fingerprint density at radius 3 is 2.28 bits per heavy atom. The van der Waals surface area contributed by atoms with E-state index in [9.17, 15) is 4.79 Å². The van der Waals surface area contributed by atoms with Gasteiger partial charge in [0, 0.05) is 11.2 Å². The number of esters is 1. The van der Waals surface area contributed by atoms with Crippen molar-refractivity contribution in [2.75, 3.05) is 6.61 Å². The molecule has 0 saturated carbocycles. The standard InChI is InChI=1S/C22H33NO2/c1-3-5-6-7-8-9-10-11-12-13-20-16-18-14-15-19(17-21(18)23-20)22(24)25-4-2/h14-17,23H,3-13H2,1-2H3. The van der Waals surface area contributed by atoms with Gasteiger partial charge in [-0.1, -0.05) is 64.4 Å². The second-order valence-corrected chi connectivity index (χ2v) is 6.90. The Morgan fingerprint density at radius 1 is 0.920 bits per heavy atom. The number of carbonyl (C=O) groups excluding carboxylic acids is 1. The van der Waals surface area contributed by atoms with Crippen LogP contribution in [0.2, 0.25) is 0 Å². The molecule has 0 aliphatic heterocycles. The highest BCUT2D eigenvalue weighted by molar-refractivity contribution is 5.94. The number of unbranched alkanes of at least 4 members (excludes halogenated alkanes) is 8. The second kappa shape index (κ2) is 11.0. The fourth-order valence-corrected chi connectivity index (χ4v) is 3.29. The van der Waals surface area contributed by atoms with E-state index in [4.69, 9.17) is 4.74 Å². The zero-order chi connectivity index (χ0) is 17.9. The number of hydrogen-bond donors (Lipinski definition) is 1. The predicted molar refractivity (Wildman–Crippen MR) is 105 cm³/mol. The van der Waals surface area contributed by atoms with Gasteiger partial charge in [0.15, 0.2) is 0 Å². The van der Waals surface area contributed by atoms with Crippen LogP contribution in [0.15, 0.2) is 24.3 Å². The summed E-state index contributed by atoms with van der Waals surface area (Å²) < 4.78 is 5.06.